The molecule has 1 saturated carbocycles. The number of hydrogen-bond donors (Lipinski definition) is 0. The van der Waals surface area contributed by atoms with Crippen molar-refractivity contribution in [3.8, 4) is 5.88 Å². The Morgan fingerprint density at radius 1 is 1.53 bits per heavy atom. The van der Waals surface area contributed by atoms with E-state index in [0.717, 1.165) is 17.9 Å². The highest BCUT2D eigenvalue weighted by atomic mass is 35.5. The maximum absolute atomic E-state index is 6.03. The molecular formula is C11H13ClN4O. The summed E-state index contributed by atoms with van der Waals surface area (Å²) in [7, 11) is 0. The van der Waals surface area contributed by atoms with E-state index in [2.05, 4.69) is 15.1 Å². The number of halogens is 1. The third-order valence-electron chi connectivity index (χ3n) is 3.01. The first-order valence-electron chi connectivity index (χ1n) is 5.74. The Morgan fingerprint density at radius 2 is 2.35 bits per heavy atom. The van der Waals surface area contributed by atoms with Gasteiger partial charge in [0.05, 0.1) is 6.61 Å². The van der Waals surface area contributed by atoms with Crippen LogP contribution < -0.4 is 4.74 Å². The van der Waals surface area contributed by atoms with Crippen LogP contribution in [-0.2, 0) is 0 Å². The molecule has 0 radical (unpaired) electrons. The second-order valence-electron chi connectivity index (χ2n) is 4.39. The summed E-state index contributed by atoms with van der Waals surface area (Å²) in [5, 5.41) is 4.52. The Kier molecular flexibility index (Phi) is 2.63. The number of rotatable bonds is 4. The molecule has 0 unspecified atom stereocenters. The maximum Gasteiger partial charge on any atom is 0.256 e. The van der Waals surface area contributed by atoms with Crippen LogP contribution in [-0.4, -0.2) is 26.2 Å². The molecule has 2 aromatic rings. The molecule has 5 nitrogen and oxygen atoms in total. The van der Waals surface area contributed by atoms with Gasteiger partial charge < -0.3 is 4.74 Å². The van der Waals surface area contributed by atoms with Crippen molar-refractivity contribution in [1.82, 2.24) is 19.6 Å². The summed E-state index contributed by atoms with van der Waals surface area (Å²) in [6.07, 6.45) is 5.21. The molecule has 17 heavy (non-hydrogen) atoms. The van der Waals surface area contributed by atoms with E-state index in [1.807, 2.05) is 6.92 Å². The van der Waals surface area contributed by atoms with Crippen LogP contribution in [0.4, 0.5) is 0 Å². The standard InChI is InChI=1S/C11H13ClN4O/c1-7-9(12)15-11-13-6-14-16(11)10(7)17-5-4-8-2-3-8/h6,8H,2-5H2,1H3. The second-order valence-corrected chi connectivity index (χ2v) is 4.74. The largest absolute Gasteiger partial charge is 0.477 e. The van der Waals surface area contributed by atoms with Gasteiger partial charge in [-0.15, -0.1) is 0 Å². The van der Waals surface area contributed by atoms with E-state index >= 15 is 0 Å². The highest BCUT2D eigenvalue weighted by Crippen LogP contribution is 2.32. The molecule has 2 heterocycles. The van der Waals surface area contributed by atoms with Crippen LogP contribution in [0.1, 0.15) is 24.8 Å². The van der Waals surface area contributed by atoms with Gasteiger partial charge in [0.15, 0.2) is 0 Å². The lowest BCUT2D eigenvalue weighted by atomic mass is 10.3. The average molecular weight is 253 g/mol. The topological polar surface area (TPSA) is 52.3 Å². The summed E-state index contributed by atoms with van der Waals surface area (Å²) in [4.78, 5) is 8.14. The number of fused-ring (bicyclic) bond motifs is 1. The van der Waals surface area contributed by atoms with E-state index in [4.69, 9.17) is 16.3 Å². The molecule has 1 aliphatic rings. The zero-order valence-electron chi connectivity index (χ0n) is 9.56. The normalized spacial score (nSPS) is 15.4. The van der Waals surface area contributed by atoms with E-state index < -0.39 is 0 Å². The van der Waals surface area contributed by atoms with Crippen LogP contribution >= 0.6 is 11.6 Å². The van der Waals surface area contributed by atoms with Gasteiger partial charge in [-0.25, -0.2) is 0 Å². The second kappa shape index (κ2) is 4.14. The van der Waals surface area contributed by atoms with Crippen molar-refractivity contribution < 1.29 is 4.74 Å². The van der Waals surface area contributed by atoms with E-state index in [0.29, 0.717) is 23.4 Å². The number of hydrogen-bond acceptors (Lipinski definition) is 4. The minimum absolute atomic E-state index is 0.423. The van der Waals surface area contributed by atoms with Gasteiger partial charge in [0.1, 0.15) is 11.5 Å². The minimum Gasteiger partial charge on any atom is -0.477 e. The van der Waals surface area contributed by atoms with Gasteiger partial charge in [0, 0.05) is 5.56 Å². The lowest BCUT2D eigenvalue weighted by molar-refractivity contribution is 0.281. The maximum atomic E-state index is 6.03. The van der Waals surface area contributed by atoms with Crippen molar-refractivity contribution in [2.45, 2.75) is 26.2 Å². The summed E-state index contributed by atoms with van der Waals surface area (Å²) < 4.78 is 7.37. The predicted molar refractivity (Wildman–Crippen MR) is 63.4 cm³/mol. The molecule has 0 N–H and O–H groups in total. The van der Waals surface area contributed by atoms with Crippen LogP contribution in [0.25, 0.3) is 5.78 Å². The first-order chi connectivity index (χ1) is 8.25. The van der Waals surface area contributed by atoms with E-state index in [1.54, 1.807) is 4.52 Å². The molecule has 3 rings (SSSR count). The minimum atomic E-state index is 0.423. The van der Waals surface area contributed by atoms with Gasteiger partial charge in [-0.05, 0) is 19.3 Å². The lowest BCUT2D eigenvalue weighted by Gasteiger charge is -2.10. The van der Waals surface area contributed by atoms with Gasteiger partial charge in [-0.3, -0.25) is 0 Å². The Morgan fingerprint density at radius 3 is 3.12 bits per heavy atom. The Balaban J connectivity index is 1.88. The van der Waals surface area contributed by atoms with Crippen molar-refractivity contribution in [2.75, 3.05) is 6.61 Å². The third-order valence-corrected chi connectivity index (χ3v) is 3.38. The van der Waals surface area contributed by atoms with Crippen LogP contribution in [0.2, 0.25) is 5.15 Å². The Hall–Kier alpha value is -1.36. The van der Waals surface area contributed by atoms with E-state index in [1.165, 1.54) is 19.2 Å². The van der Waals surface area contributed by atoms with Crippen molar-refractivity contribution in [1.29, 1.82) is 0 Å². The monoisotopic (exact) mass is 252 g/mol. The van der Waals surface area contributed by atoms with Crippen LogP contribution in [0.5, 0.6) is 5.88 Å². The zero-order valence-corrected chi connectivity index (χ0v) is 10.3. The number of ether oxygens (including phenoxy) is 1. The molecule has 2 aromatic heterocycles. The molecule has 1 fully saturated rings. The third kappa shape index (κ3) is 2.07. The van der Waals surface area contributed by atoms with Gasteiger partial charge in [0.2, 0.25) is 5.88 Å². The summed E-state index contributed by atoms with van der Waals surface area (Å²) >= 11 is 6.03. The van der Waals surface area contributed by atoms with Crippen LogP contribution in [0, 0.1) is 12.8 Å². The summed E-state index contributed by atoms with van der Waals surface area (Å²) in [6, 6.07) is 0. The van der Waals surface area contributed by atoms with Crippen LogP contribution in [0.15, 0.2) is 6.33 Å². The molecule has 0 atom stereocenters. The summed E-state index contributed by atoms with van der Waals surface area (Å²) in [5.41, 5.74) is 0.806. The fourth-order valence-electron chi connectivity index (χ4n) is 1.77. The van der Waals surface area contributed by atoms with Crippen molar-refractivity contribution in [3.05, 3.63) is 17.0 Å². The lowest BCUT2D eigenvalue weighted by Crippen LogP contribution is -2.07. The van der Waals surface area contributed by atoms with Gasteiger partial charge in [-0.1, -0.05) is 24.4 Å². The number of aromatic nitrogens is 4. The van der Waals surface area contributed by atoms with Gasteiger partial charge in [0.25, 0.3) is 5.78 Å². The van der Waals surface area contributed by atoms with E-state index in [9.17, 15) is 0 Å². The van der Waals surface area contributed by atoms with Crippen LogP contribution in [0.3, 0.4) is 0 Å². The molecule has 0 aromatic carbocycles. The molecular weight excluding hydrogens is 240 g/mol. The fourth-order valence-corrected chi connectivity index (χ4v) is 1.93. The summed E-state index contributed by atoms with van der Waals surface area (Å²) in [6.45, 7) is 2.57. The molecule has 0 amide bonds. The quantitative estimate of drug-likeness (QED) is 0.784. The molecule has 0 aliphatic heterocycles. The molecule has 0 saturated heterocycles. The van der Waals surface area contributed by atoms with Gasteiger partial charge >= 0.3 is 0 Å². The number of nitrogens with zero attached hydrogens (tertiary/aromatic N) is 4. The van der Waals surface area contributed by atoms with Gasteiger partial charge in [-0.2, -0.15) is 19.6 Å². The predicted octanol–water partition coefficient (Wildman–Crippen LogP) is 2.27. The Labute approximate surface area is 104 Å². The summed E-state index contributed by atoms with van der Waals surface area (Å²) in [5.74, 6) is 1.97. The van der Waals surface area contributed by atoms with Crippen molar-refractivity contribution in [2.24, 2.45) is 5.92 Å². The molecule has 6 heteroatoms. The van der Waals surface area contributed by atoms with Crippen molar-refractivity contribution in [3.63, 3.8) is 0 Å². The zero-order chi connectivity index (χ0) is 11.8. The molecule has 0 spiro atoms. The van der Waals surface area contributed by atoms with Crippen molar-refractivity contribution >= 4 is 17.4 Å². The smallest absolute Gasteiger partial charge is 0.256 e. The Bertz CT molecular complexity index is 550. The SMILES string of the molecule is Cc1c(Cl)nc2ncnn2c1OCCC1CC1. The molecule has 1 aliphatic carbocycles. The highest BCUT2D eigenvalue weighted by Gasteiger charge is 2.21. The average Bonchev–Trinajstić information content (AvgIpc) is 3.02. The fraction of sp³-hybridized carbons (Fsp3) is 0.545. The first-order valence-corrected chi connectivity index (χ1v) is 6.12. The molecule has 90 valence electrons. The first kappa shape index (κ1) is 10.8. The van der Waals surface area contributed by atoms with E-state index in [-0.39, 0.29) is 0 Å². The highest BCUT2D eigenvalue weighted by molar-refractivity contribution is 6.30. The molecule has 0 bridgehead atoms.